The number of carbonyl (C=O) groups excluding carboxylic acids is 1. The van der Waals surface area contributed by atoms with Crippen LogP contribution in [0.3, 0.4) is 0 Å². The van der Waals surface area contributed by atoms with Gasteiger partial charge in [0.05, 0.1) is 0 Å². The largest absolute Gasteiger partial charge is 0.456 e. The number of nitrogens with zero attached hydrogens (tertiary/aromatic N) is 1. The molecule has 2 aromatic rings. The van der Waals surface area contributed by atoms with Crippen LogP contribution in [0.4, 0.5) is 0 Å². The van der Waals surface area contributed by atoms with Crippen LogP contribution < -0.4 is 5.32 Å². The molecular formula is C18H22N2O2. The average Bonchev–Trinajstić information content (AvgIpc) is 3.18. The van der Waals surface area contributed by atoms with E-state index in [9.17, 15) is 4.79 Å². The number of furan rings is 1. The van der Waals surface area contributed by atoms with Crippen molar-refractivity contribution in [2.45, 2.75) is 32.9 Å². The number of rotatable bonds is 5. The molecule has 1 fully saturated rings. The van der Waals surface area contributed by atoms with E-state index in [1.54, 1.807) is 12.1 Å². The Morgan fingerprint density at radius 3 is 2.41 bits per heavy atom. The molecule has 1 N–H and O–H groups in total. The predicted octanol–water partition coefficient (Wildman–Crippen LogP) is 3.11. The summed E-state index contributed by atoms with van der Waals surface area (Å²) in [4.78, 5) is 14.4. The molecule has 0 aliphatic carbocycles. The van der Waals surface area contributed by atoms with Gasteiger partial charge in [-0.1, -0.05) is 24.3 Å². The second-order valence-electron chi connectivity index (χ2n) is 5.89. The van der Waals surface area contributed by atoms with Crippen LogP contribution in [-0.4, -0.2) is 23.9 Å². The minimum atomic E-state index is -0.172. The molecule has 1 aromatic carbocycles. The summed E-state index contributed by atoms with van der Waals surface area (Å²) in [5, 5.41) is 2.88. The number of aryl methyl sites for hydroxylation is 1. The van der Waals surface area contributed by atoms with Gasteiger partial charge in [0.25, 0.3) is 5.91 Å². The molecular weight excluding hydrogens is 276 g/mol. The van der Waals surface area contributed by atoms with Gasteiger partial charge in [0.1, 0.15) is 5.76 Å². The fraction of sp³-hybridized carbons (Fsp3) is 0.389. The van der Waals surface area contributed by atoms with Crippen LogP contribution >= 0.6 is 0 Å². The Hall–Kier alpha value is -2.07. The normalized spacial score (nSPS) is 15.1. The molecule has 1 aromatic heterocycles. The summed E-state index contributed by atoms with van der Waals surface area (Å²) < 4.78 is 5.31. The van der Waals surface area contributed by atoms with Crippen molar-refractivity contribution in [2.24, 2.45) is 0 Å². The molecule has 0 spiro atoms. The number of carbonyl (C=O) groups is 1. The van der Waals surface area contributed by atoms with Gasteiger partial charge in [-0.3, -0.25) is 9.69 Å². The van der Waals surface area contributed by atoms with Crippen molar-refractivity contribution in [3.63, 3.8) is 0 Å². The first kappa shape index (κ1) is 14.9. The van der Waals surface area contributed by atoms with Crippen LogP contribution in [0.2, 0.25) is 0 Å². The maximum atomic E-state index is 11.9. The Morgan fingerprint density at radius 1 is 1.09 bits per heavy atom. The third kappa shape index (κ3) is 3.77. The summed E-state index contributed by atoms with van der Waals surface area (Å²) >= 11 is 0. The third-order valence-corrected chi connectivity index (χ3v) is 4.05. The molecule has 4 nitrogen and oxygen atoms in total. The van der Waals surface area contributed by atoms with Crippen LogP contribution in [0.1, 0.15) is 40.3 Å². The highest BCUT2D eigenvalue weighted by atomic mass is 16.3. The first-order valence-corrected chi connectivity index (χ1v) is 7.85. The molecule has 1 amide bonds. The molecule has 116 valence electrons. The molecule has 0 radical (unpaired) electrons. The number of amides is 1. The van der Waals surface area contributed by atoms with Crippen molar-refractivity contribution in [1.82, 2.24) is 10.2 Å². The molecule has 0 unspecified atom stereocenters. The number of likely N-dealkylation sites (tertiary alicyclic amines) is 1. The molecule has 0 bridgehead atoms. The standard InChI is InChI=1S/C18H22N2O2/c1-14-4-9-17(22-14)18(21)19-12-15-5-7-16(8-6-15)13-20-10-2-3-11-20/h4-9H,2-3,10-13H2,1H3,(H,19,21). The van der Waals surface area contributed by atoms with E-state index in [0.717, 1.165) is 17.9 Å². The number of nitrogens with one attached hydrogen (secondary N) is 1. The number of hydrogen-bond acceptors (Lipinski definition) is 3. The van der Waals surface area contributed by atoms with Crippen LogP contribution in [0.25, 0.3) is 0 Å². The molecule has 4 heteroatoms. The lowest BCUT2D eigenvalue weighted by molar-refractivity contribution is 0.0922. The molecule has 22 heavy (non-hydrogen) atoms. The fourth-order valence-electron chi connectivity index (χ4n) is 2.79. The summed E-state index contributed by atoms with van der Waals surface area (Å²) in [6.07, 6.45) is 2.63. The first-order chi connectivity index (χ1) is 10.7. The van der Waals surface area contributed by atoms with Crippen molar-refractivity contribution in [2.75, 3.05) is 13.1 Å². The Balaban J connectivity index is 1.51. The molecule has 3 rings (SSSR count). The zero-order valence-corrected chi connectivity index (χ0v) is 13.0. The number of benzene rings is 1. The van der Waals surface area contributed by atoms with Crippen LogP contribution in [0.15, 0.2) is 40.8 Å². The van der Waals surface area contributed by atoms with E-state index in [4.69, 9.17) is 4.42 Å². The lowest BCUT2D eigenvalue weighted by Crippen LogP contribution is -2.22. The maximum absolute atomic E-state index is 11.9. The summed E-state index contributed by atoms with van der Waals surface area (Å²) in [7, 11) is 0. The van der Waals surface area contributed by atoms with Gasteiger partial charge in [-0.05, 0) is 56.1 Å². The van der Waals surface area contributed by atoms with Gasteiger partial charge in [0, 0.05) is 13.1 Å². The molecule has 1 aliphatic heterocycles. The van der Waals surface area contributed by atoms with Crippen LogP contribution in [0, 0.1) is 6.92 Å². The number of hydrogen-bond donors (Lipinski definition) is 1. The zero-order valence-electron chi connectivity index (χ0n) is 13.0. The molecule has 1 aliphatic rings. The van der Waals surface area contributed by atoms with Gasteiger partial charge < -0.3 is 9.73 Å². The molecule has 1 saturated heterocycles. The fourth-order valence-corrected chi connectivity index (χ4v) is 2.79. The average molecular weight is 298 g/mol. The highest BCUT2D eigenvalue weighted by molar-refractivity contribution is 5.91. The van der Waals surface area contributed by atoms with Gasteiger partial charge in [-0.25, -0.2) is 0 Å². The van der Waals surface area contributed by atoms with E-state index in [-0.39, 0.29) is 5.91 Å². The summed E-state index contributed by atoms with van der Waals surface area (Å²) in [6.45, 7) is 5.79. The van der Waals surface area contributed by atoms with Gasteiger partial charge in [-0.15, -0.1) is 0 Å². The monoisotopic (exact) mass is 298 g/mol. The summed E-state index contributed by atoms with van der Waals surface area (Å²) in [6, 6.07) is 12.0. The summed E-state index contributed by atoms with van der Waals surface area (Å²) in [5.74, 6) is 0.939. The van der Waals surface area contributed by atoms with Gasteiger partial charge in [-0.2, -0.15) is 0 Å². The topological polar surface area (TPSA) is 45.5 Å². The predicted molar refractivity (Wildman–Crippen MR) is 85.6 cm³/mol. The van der Waals surface area contributed by atoms with Crippen molar-refractivity contribution < 1.29 is 9.21 Å². The van der Waals surface area contributed by atoms with Crippen molar-refractivity contribution in [3.05, 3.63) is 59.0 Å². The van der Waals surface area contributed by atoms with E-state index in [1.165, 1.54) is 31.5 Å². The van der Waals surface area contributed by atoms with E-state index >= 15 is 0 Å². The van der Waals surface area contributed by atoms with E-state index in [0.29, 0.717) is 12.3 Å². The van der Waals surface area contributed by atoms with E-state index < -0.39 is 0 Å². The Morgan fingerprint density at radius 2 is 1.77 bits per heavy atom. The van der Waals surface area contributed by atoms with Gasteiger partial charge in [0.15, 0.2) is 5.76 Å². The second-order valence-corrected chi connectivity index (χ2v) is 5.89. The van der Waals surface area contributed by atoms with Crippen molar-refractivity contribution >= 4 is 5.91 Å². The second kappa shape index (κ2) is 6.79. The first-order valence-electron chi connectivity index (χ1n) is 7.85. The van der Waals surface area contributed by atoms with E-state index in [1.807, 2.05) is 6.92 Å². The smallest absolute Gasteiger partial charge is 0.287 e. The highest BCUT2D eigenvalue weighted by Gasteiger charge is 2.12. The quantitative estimate of drug-likeness (QED) is 0.922. The maximum Gasteiger partial charge on any atom is 0.287 e. The Bertz CT molecular complexity index is 625. The zero-order chi connectivity index (χ0) is 15.4. The highest BCUT2D eigenvalue weighted by Crippen LogP contribution is 2.13. The van der Waals surface area contributed by atoms with Crippen LogP contribution in [0.5, 0.6) is 0 Å². The summed E-state index contributed by atoms with van der Waals surface area (Å²) in [5.41, 5.74) is 2.43. The Labute approximate surface area is 131 Å². The van der Waals surface area contributed by atoms with E-state index in [2.05, 4.69) is 34.5 Å². The van der Waals surface area contributed by atoms with Gasteiger partial charge >= 0.3 is 0 Å². The van der Waals surface area contributed by atoms with Crippen molar-refractivity contribution in [1.29, 1.82) is 0 Å². The minimum absolute atomic E-state index is 0.172. The van der Waals surface area contributed by atoms with Crippen molar-refractivity contribution in [3.8, 4) is 0 Å². The third-order valence-electron chi connectivity index (χ3n) is 4.05. The minimum Gasteiger partial charge on any atom is -0.456 e. The lowest BCUT2D eigenvalue weighted by atomic mass is 10.1. The Kier molecular flexibility index (Phi) is 4.59. The van der Waals surface area contributed by atoms with Crippen LogP contribution in [-0.2, 0) is 13.1 Å². The molecule has 0 saturated carbocycles. The molecule has 0 atom stereocenters. The SMILES string of the molecule is Cc1ccc(C(=O)NCc2ccc(CN3CCCC3)cc2)o1. The van der Waals surface area contributed by atoms with Gasteiger partial charge in [0.2, 0.25) is 0 Å². The molecule has 2 heterocycles. The lowest BCUT2D eigenvalue weighted by Gasteiger charge is -2.14.